The van der Waals surface area contributed by atoms with Gasteiger partial charge in [-0.2, -0.15) is 5.10 Å². The Morgan fingerprint density at radius 1 is 1.22 bits per heavy atom. The molecule has 1 unspecified atom stereocenters. The fourth-order valence-corrected chi connectivity index (χ4v) is 3.35. The quantitative estimate of drug-likeness (QED) is 0.213. The number of benzene rings is 1. The van der Waals surface area contributed by atoms with Gasteiger partial charge in [-0.1, -0.05) is 24.0 Å². The van der Waals surface area contributed by atoms with Crippen LogP contribution < -0.4 is 16.4 Å². The number of rotatable bonds is 8. The second-order valence-corrected chi connectivity index (χ2v) is 8.60. The predicted molar refractivity (Wildman–Crippen MR) is 141 cm³/mol. The van der Waals surface area contributed by atoms with Gasteiger partial charge in [-0.25, -0.2) is 9.37 Å². The number of halogens is 1. The molecule has 1 saturated carbocycles. The van der Waals surface area contributed by atoms with Crippen LogP contribution in [0.25, 0.3) is 0 Å². The lowest BCUT2D eigenvalue weighted by Crippen LogP contribution is -2.25. The van der Waals surface area contributed by atoms with Gasteiger partial charge >= 0.3 is 0 Å². The van der Waals surface area contributed by atoms with Crippen LogP contribution >= 0.6 is 0 Å². The zero-order valence-electron chi connectivity index (χ0n) is 20.8. The Kier molecular flexibility index (Phi) is 9.97. The van der Waals surface area contributed by atoms with Crippen molar-refractivity contribution in [3.8, 4) is 11.8 Å². The summed E-state index contributed by atoms with van der Waals surface area (Å²) in [5, 5.41) is 12.2. The minimum Gasteiger partial charge on any atom is -0.383 e. The molecule has 37 heavy (non-hydrogen) atoms. The summed E-state index contributed by atoms with van der Waals surface area (Å²) in [7, 11) is 0. The molecule has 2 amide bonds. The third-order valence-electron chi connectivity index (χ3n) is 5.58. The number of hydrogen-bond acceptors (Lipinski definition) is 5. The molecule has 4 rings (SSSR count). The van der Waals surface area contributed by atoms with Crippen LogP contribution in [0, 0.1) is 23.6 Å². The highest BCUT2D eigenvalue weighted by Gasteiger charge is 2.29. The first-order valence-electron chi connectivity index (χ1n) is 12.1. The predicted octanol–water partition coefficient (Wildman–Crippen LogP) is 3.38. The topological polar surface area (TPSA) is 126 Å². The van der Waals surface area contributed by atoms with Crippen molar-refractivity contribution in [2.24, 2.45) is 5.92 Å². The number of anilines is 1. The maximum atomic E-state index is 12.9. The summed E-state index contributed by atoms with van der Waals surface area (Å²) in [5.41, 5.74) is 9.64. The number of nitrogen functional groups attached to an aromatic ring is 1. The second kappa shape index (κ2) is 13.6. The molecule has 0 aliphatic heterocycles. The van der Waals surface area contributed by atoms with E-state index in [1.807, 2.05) is 13.1 Å². The first-order chi connectivity index (χ1) is 17.9. The van der Waals surface area contributed by atoms with Gasteiger partial charge < -0.3 is 16.4 Å². The van der Waals surface area contributed by atoms with E-state index in [0.29, 0.717) is 35.6 Å². The van der Waals surface area contributed by atoms with Gasteiger partial charge in [0.1, 0.15) is 11.6 Å². The zero-order valence-corrected chi connectivity index (χ0v) is 20.8. The van der Waals surface area contributed by atoms with E-state index in [9.17, 15) is 14.0 Å². The van der Waals surface area contributed by atoms with Crippen molar-refractivity contribution >= 4 is 17.6 Å². The van der Waals surface area contributed by atoms with Gasteiger partial charge in [-0.15, -0.1) is 0 Å². The molecular formula is C28H31FN6O2. The number of nitrogens with zero attached hydrogens (tertiary/aromatic N) is 2. The molecule has 1 fully saturated rings. The van der Waals surface area contributed by atoms with Crippen molar-refractivity contribution in [2.75, 3.05) is 18.8 Å². The van der Waals surface area contributed by atoms with Crippen molar-refractivity contribution in [3.63, 3.8) is 0 Å². The summed E-state index contributed by atoms with van der Waals surface area (Å²) in [4.78, 5) is 27.2. The fourth-order valence-electron chi connectivity index (χ4n) is 3.35. The summed E-state index contributed by atoms with van der Waals surface area (Å²) >= 11 is 0. The molecule has 1 atom stereocenters. The number of aromatic amines is 1. The number of H-pyrrole nitrogens is 1. The largest absolute Gasteiger partial charge is 0.383 e. The molecule has 0 spiro atoms. The first-order valence-corrected chi connectivity index (χ1v) is 12.1. The van der Waals surface area contributed by atoms with E-state index >= 15 is 0 Å². The lowest BCUT2D eigenvalue weighted by atomic mass is 10.1. The van der Waals surface area contributed by atoms with E-state index in [1.165, 1.54) is 23.9 Å². The van der Waals surface area contributed by atoms with Crippen molar-refractivity contribution in [3.05, 3.63) is 89.1 Å². The number of allylic oxidation sites excluding steroid dienone is 1. The van der Waals surface area contributed by atoms with Crippen LogP contribution in [0.2, 0.25) is 0 Å². The van der Waals surface area contributed by atoms with Crippen molar-refractivity contribution < 1.29 is 14.0 Å². The maximum absolute atomic E-state index is 12.9. The Bertz CT molecular complexity index is 1280. The van der Waals surface area contributed by atoms with Crippen LogP contribution in [0.4, 0.5) is 10.2 Å². The van der Waals surface area contributed by atoms with Crippen LogP contribution in [-0.4, -0.2) is 40.1 Å². The Hall–Kier alpha value is -4.45. The molecule has 192 valence electrons. The molecule has 5 N–H and O–H groups in total. The van der Waals surface area contributed by atoms with Crippen LogP contribution in [0.5, 0.6) is 0 Å². The molecule has 3 aromatic rings. The molecule has 2 aromatic heterocycles. The van der Waals surface area contributed by atoms with E-state index in [0.717, 1.165) is 31.4 Å². The third-order valence-corrected chi connectivity index (χ3v) is 5.58. The highest BCUT2D eigenvalue weighted by molar-refractivity contribution is 5.94. The van der Waals surface area contributed by atoms with E-state index in [-0.39, 0.29) is 23.4 Å². The highest BCUT2D eigenvalue weighted by atomic mass is 19.1. The van der Waals surface area contributed by atoms with Gasteiger partial charge in [0, 0.05) is 37.5 Å². The van der Waals surface area contributed by atoms with Crippen molar-refractivity contribution in [2.45, 2.75) is 32.6 Å². The van der Waals surface area contributed by atoms with Crippen LogP contribution in [0.15, 0.2) is 61.1 Å². The van der Waals surface area contributed by atoms with E-state index in [1.54, 1.807) is 24.4 Å². The van der Waals surface area contributed by atoms with E-state index < -0.39 is 0 Å². The third kappa shape index (κ3) is 9.26. The minimum atomic E-state index is -0.326. The number of aromatic nitrogens is 3. The van der Waals surface area contributed by atoms with Crippen LogP contribution in [0.1, 0.15) is 53.2 Å². The zero-order chi connectivity index (χ0) is 26.6. The average molecular weight is 503 g/mol. The number of carbonyl (C=O) groups is 2. The number of pyridine rings is 1. The molecule has 1 aliphatic carbocycles. The molecule has 2 heterocycles. The summed E-state index contributed by atoms with van der Waals surface area (Å²) in [6.07, 6.45) is 8.33. The van der Waals surface area contributed by atoms with Gasteiger partial charge in [0.05, 0.1) is 17.3 Å². The van der Waals surface area contributed by atoms with Gasteiger partial charge in [0.25, 0.3) is 5.91 Å². The lowest BCUT2D eigenvalue weighted by molar-refractivity contribution is -0.121. The lowest BCUT2D eigenvalue weighted by Gasteiger charge is -2.06. The number of amides is 2. The van der Waals surface area contributed by atoms with Crippen molar-refractivity contribution in [1.82, 2.24) is 25.8 Å². The Morgan fingerprint density at radius 3 is 2.62 bits per heavy atom. The summed E-state index contributed by atoms with van der Waals surface area (Å²) < 4.78 is 12.9. The SMILES string of the molecule is C=C1CC1CC(=O)NCC.Nc1ncc(C(=O)NCCCc2cn[nH]c2)cc1C#Cc1ccc(F)cc1. The average Bonchev–Trinajstić information content (AvgIpc) is 3.33. The van der Waals surface area contributed by atoms with Gasteiger partial charge in [0.2, 0.25) is 5.91 Å². The second-order valence-electron chi connectivity index (χ2n) is 8.60. The van der Waals surface area contributed by atoms with Gasteiger partial charge in [-0.3, -0.25) is 14.7 Å². The number of carbonyl (C=O) groups excluding carboxylic acids is 2. The Labute approximate surface area is 216 Å². The molecule has 0 saturated heterocycles. The standard InChI is InChI=1S/C20H18FN5O.C8H13NO/c21-18-7-4-14(5-8-18)3-6-16-10-17(13-24-19(16)22)20(27)23-9-1-2-15-11-25-26-12-15;1-3-9-8(10)5-7-4-6(7)2/h4-5,7-8,10-13H,1-2,9H2,(H2,22,24)(H,23,27)(H,25,26);7H,2-5H2,1H3,(H,9,10). The molecule has 0 bridgehead atoms. The summed E-state index contributed by atoms with van der Waals surface area (Å²) in [6, 6.07) is 7.41. The normalized spacial score (nSPS) is 13.5. The fraction of sp³-hybridized carbons (Fsp3) is 0.286. The Balaban J connectivity index is 0.000000319. The molecule has 1 aromatic carbocycles. The van der Waals surface area contributed by atoms with Gasteiger partial charge in [-0.05, 0) is 68.0 Å². The number of nitrogens with one attached hydrogen (secondary N) is 3. The number of hydrogen-bond donors (Lipinski definition) is 4. The molecule has 1 aliphatic rings. The molecule has 0 radical (unpaired) electrons. The van der Waals surface area contributed by atoms with Crippen LogP contribution in [0.3, 0.4) is 0 Å². The van der Waals surface area contributed by atoms with E-state index in [2.05, 4.69) is 44.2 Å². The number of aryl methyl sites for hydroxylation is 1. The maximum Gasteiger partial charge on any atom is 0.252 e. The summed E-state index contributed by atoms with van der Waals surface area (Å²) in [5.74, 6) is 6.09. The highest BCUT2D eigenvalue weighted by Crippen LogP contribution is 2.38. The van der Waals surface area contributed by atoms with Crippen LogP contribution in [-0.2, 0) is 11.2 Å². The molecule has 9 heteroatoms. The summed E-state index contributed by atoms with van der Waals surface area (Å²) in [6.45, 7) is 6.98. The van der Waals surface area contributed by atoms with E-state index in [4.69, 9.17) is 5.73 Å². The monoisotopic (exact) mass is 502 g/mol. The Morgan fingerprint density at radius 2 is 1.97 bits per heavy atom. The molecular weight excluding hydrogens is 471 g/mol. The first kappa shape index (κ1) is 27.1. The smallest absolute Gasteiger partial charge is 0.252 e. The minimum absolute atomic E-state index is 0.158. The number of nitrogens with two attached hydrogens (primary N) is 1. The van der Waals surface area contributed by atoms with Crippen molar-refractivity contribution in [1.29, 1.82) is 0 Å². The van der Waals surface area contributed by atoms with Gasteiger partial charge in [0.15, 0.2) is 0 Å². The molecule has 8 nitrogen and oxygen atoms in total.